The molecule has 0 fully saturated rings. The van der Waals surface area contributed by atoms with Gasteiger partial charge in [-0.05, 0) is 24.1 Å². The Morgan fingerprint density at radius 2 is 2.32 bits per heavy atom. The van der Waals surface area contributed by atoms with E-state index in [4.69, 9.17) is 5.73 Å². The minimum Gasteiger partial charge on any atom is -0.352 e. The van der Waals surface area contributed by atoms with Crippen molar-refractivity contribution < 1.29 is 4.79 Å². The number of amides is 1. The summed E-state index contributed by atoms with van der Waals surface area (Å²) in [4.78, 5) is 15.9. The lowest BCUT2D eigenvalue weighted by molar-refractivity contribution is 0.0952. The van der Waals surface area contributed by atoms with Gasteiger partial charge in [-0.3, -0.25) is 4.79 Å². The lowest BCUT2D eigenvalue weighted by atomic mass is 10.1. The van der Waals surface area contributed by atoms with E-state index in [0.717, 1.165) is 18.5 Å². The summed E-state index contributed by atoms with van der Waals surface area (Å²) >= 11 is 0. The molecule has 0 aliphatic heterocycles. The SMILES string of the molecule is NCc1cccc(C(=O)NCCCn2ccnc2)c1. The van der Waals surface area contributed by atoms with Crippen molar-refractivity contribution in [3.05, 3.63) is 54.1 Å². The Morgan fingerprint density at radius 1 is 1.42 bits per heavy atom. The largest absolute Gasteiger partial charge is 0.352 e. The fourth-order valence-corrected chi connectivity index (χ4v) is 1.82. The number of carbonyl (C=O) groups excluding carboxylic acids is 1. The maximum Gasteiger partial charge on any atom is 0.251 e. The highest BCUT2D eigenvalue weighted by Crippen LogP contribution is 2.04. The molecule has 2 rings (SSSR count). The predicted molar refractivity (Wildman–Crippen MR) is 73.5 cm³/mol. The number of rotatable bonds is 6. The van der Waals surface area contributed by atoms with Crippen LogP contribution in [0.4, 0.5) is 0 Å². The standard InChI is InChI=1S/C14H18N4O/c15-10-12-3-1-4-13(9-12)14(19)17-5-2-7-18-8-6-16-11-18/h1,3-4,6,8-9,11H,2,5,7,10,15H2,(H,17,19). The van der Waals surface area contributed by atoms with Gasteiger partial charge in [-0.1, -0.05) is 12.1 Å². The van der Waals surface area contributed by atoms with Gasteiger partial charge in [0.05, 0.1) is 6.33 Å². The molecule has 0 saturated carbocycles. The van der Waals surface area contributed by atoms with Crippen molar-refractivity contribution in [3.8, 4) is 0 Å². The Morgan fingerprint density at radius 3 is 3.05 bits per heavy atom. The molecular weight excluding hydrogens is 240 g/mol. The van der Waals surface area contributed by atoms with E-state index >= 15 is 0 Å². The van der Waals surface area contributed by atoms with Gasteiger partial charge in [0.2, 0.25) is 0 Å². The zero-order valence-corrected chi connectivity index (χ0v) is 10.7. The number of nitrogens with one attached hydrogen (secondary N) is 1. The van der Waals surface area contributed by atoms with Crippen molar-refractivity contribution in [1.29, 1.82) is 0 Å². The van der Waals surface area contributed by atoms with E-state index in [0.29, 0.717) is 18.7 Å². The quantitative estimate of drug-likeness (QED) is 0.764. The van der Waals surface area contributed by atoms with Crippen LogP contribution in [0.25, 0.3) is 0 Å². The Kier molecular flexibility index (Phi) is 4.69. The summed E-state index contributed by atoms with van der Waals surface area (Å²) in [7, 11) is 0. The summed E-state index contributed by atoms with van der Waals surface area (Å²) in [5.74, 6) is -0.0547. The van der Waals surface area contributed by atoms with Crippen LogP contribution < -0.4 is 11.1 Å². The Hall–Kier alpha value is -2.14. The summed E-state index contributed by atoms with van der Waals surface area (Å²) < 4.78 is 1.99. The number of nitrogens with zero attached hydrogens (tertiary/aromatic N) is 2. The first-order chi connectivity index (χ1) is 9.29. The van der Waals surface area contributed by atoms with E-state index < -0.39 is 0 Å². The first-order valence-electron chi connectivity index (χ1n) is 6.32. The molecule has 0 aliphatic rings. The van der Waals surface area contributed by atoms with Crippen LogP contribution in [0.15, 0.2) is 43.0 Å². The number of hydrogen-bond donors (Lipinski definition) is 2. The minimum atomic E-state index is -0.0547. The molecular formula is C14H18N4O. The molecule has 19 heavy (non-hydrogen) atoms. The molecule has 1 aromatic carbocycles. The van der Waals surface area contributed by atoms with Crippen LogP contribution in [-0.4, -0.2) is 22.0 Å². The molecule has 1 heterocycles. The molecule has 5 heteroatoms. The first-order valence-corrected chi connectivity index (χ1v) is 6.32. The fourth-order valence-electron chi connectivity index (χ4n) is 1.82. The van der Waals surface area contributed by atoms with Crippen molar-refractivity contribution in [3.63, 3.8) is 0 Å². The molecule has 0 unspecified atom stereocenters. The summed E-state index contributed by atoms with van der Waals surface area (Å²) in [6, 6.07) is 7.38. The molecule has 2 aromatic rings. The number of benzene rings is 1. The zero-order chi connectivity index (χ0) is 13.5. The van der Waals surface area contributed by atoms with Crippen LogP contribution in [-0.2, 0) is 13.1 Å². The maximum absolute atomic E-state index is 11.9. The van der Waals surface area contributed by atoms with Crippen LogP contribution >= 0.6 is 0 Å². The molecule has 1 aromatic heterocycles. The molecule has 0 radical (unpaired) electrons. The zero-order valence-electron chi connectivity index (χ0n) is 10.7. The number of hydrogen-bond acceptors (Lipinski definition) is 3. The second-order valence-corrected chi connectivity index (χ2v) is 4.31. The van der Waals surface area contributed by atoms with Gasteiger partial charge < -0.3 is 15.6 Å². The van der Waals surface area contributed by atoms with Crippen molar-refractivity contribution in [2.75, 3.05) is 6.54 Å². The maximum atomic E-state index is 11.9. The smallest absolute Gasteiger partial charge is 0.251 e. The second kappa shape index (κ2) is 6.70. The number of nitrogens with two attached hydrogens (primary N) is 1. The van der Waals surface area contributed by atoms with Crippen LogP contribution in [0.1, 0.15) is 22.3 Å². The average molecular weight is 258 g/mol. The van der Waals surface area contributed by atoms with E-state index in [-0.39, 0.29) is 5.91 Å². The Bertz CT molecular complexity index is 522. The Labute approximate surface area is 112 Å². The molecule has 0 atom stereocenters. The van der Waals surface area contributed by atoms with E-state index in [2.05, 4.69) is 10.3 Å². The van der Waals surface area contributed by atoms with Crippen LogP contribution in [0.2, 0.25) is 0 Å². The summed E-state index contributed by atoms with van der Waals surface area (Å²) in [5, 5.41) is 2.90. The van der Waals surface area contributed by atoms with Crippen LogP contribution in [0.3, 0.4) is 0 Å². The minimum absolute atomic E-state index is 0.0547. The molecule has 0 spiro atoms. The van der Waals surface area contributed by atoms with E-state index in [9.17, 15) is 4.79 Å². The van der Waals surface area contributed by atoms with Gasteiger partial charge in [-0.25, -0.2) is 4.98 Å². The molecule has 100 valence electrons. The third-order valence-electron chi connectivity index (χ3n) is 2.86. The van der Waals surface area contributed by atoms with Crippen LogP contribution in [0, 0.1) is 0 Å². The average Bonchev–Trinajstić information content (AvgIpc) is 2.96. The van der Waals surface area contributed by atoms with E-state index in [1.807, 2.05) is 29.0 Å². The summed E-state index contributed by atoms with van der Waals surface area (Å²) in [6.07, 6.45) is 6.30. The topological polar surface area (TPSA) is 72.9 Å². The molecule has 0 aliphatic carbocycles. The molecule has 0 saturated heterocycles. The fraction of sp³-hybridized carbons (Fsp3) is 0.286. The second-order valence-electron chi connectivity index (χ2n) is 4.31. The lowest BCUT2D eigenvalue weighted by Gasteiger charge is -2.06. The third kappa shape index (κ3) is 3.93. The highest BCUT2D eigenvalue weighted by atomic mass is 16.1. The van der Waals surface area contributed by atoms with Gasteiger partial charge in [0.25, 0.3) is 5.91 Å². The van der Waals surface area contributed by atoms with Crippen molar-refractivity contribution in [2.24, 2.45) is 5.73 Å². The number of aromatic nitrogens is 2. The molecule has 5 nitrogen and oxygen atoms in total. The lowest BCUT2D eigenvalue weighted by Crippen LogP contribution is -2.25. The monoisotopic (exact) mass is 258 g/mol. The molecule has 0 bridgehead atoms. The molecule has 3 N–H and O–H groups in total. The van der Waals surface area contributed by atoms with E-state index in [1.165, 1.54) is 0 Å². The van der Waals surface area contributed by atoms with Gasteiger partial charge >= 0.3 is 0 Å². The van der Waals surface area contributed by atoms with Crippen molar-refractivity contribution in [1.82, 2.24) is 14.9 Å². The normalized spacial score (nSPS) is 10.4. The van der Waals surface area contributed by atoms with Gasteiger partial charge in [0.1, 0.15) is 0 Å². The number of imidazole rings is 1. The predicted octanol–water partition coefficient (Wildman–Crippen LogP) is 1.16. The first kappa shape index (κ1) is 13.3. The number of carbonyl (C=O) groups is 1. The Balaban J connectivity index is 1.77. The van der Waals surface area contributed by atoms with Crippen LogP contribution in [0.5, 0.6) is 0 Å². The number of aryl methyl sites for hydroxylation is 1. The van der Waals surface area contributed by atoms with Gasteiger partial charge in [-0.2, -0.15) is 0 Å². The van der Waals surface area contributed by atoms with Gasteiger partial charge in [0, 0.05) is 37.6 Å². The van der Waals surface area contributed by atoms with Gasteiger partial charge in [-0.15, -0.1) is 0 Å². The highest BCUT2D eigenvalue weighted by molar-refractivity contribution is 5.94. The van der Waals surface area contributed by atoms with E-state index in [1.54, 1.807) is 18.6 Å². The highest BCUT2D eigenvalue weighted by Gasteiger charge is 2.04. The summed E-state index contributed by atoms with van der Waals surface area (Å²) in [6.45, 7) is 1.94. The van der Waals surface area contributed by atoms with Crippen molar-refractivity contribution in [2.45, 2.75) is 19.5 Å². The molecule has 1 amide bonds. The third-order valence-corrected chi connectivity index (χ3v) is 2.86. The summed E-state index contributed by atoms with van der Waals surface area (Å²) in [5.41, 5.74) is 7.18. The van der Waals surface area contributed by atoms with Crippen molar-refractivity contribution >= 4 is 5.91 Å². The van der Waals surface area contributed by atoms with Gasteiger partial charge in [0.15, 0.2) is 0 Å².